The molecule has 0 aromatic carbocycles. The molecule has 0 radical (unpaired) electrons. The zero-order valence-corrected chi connectivity index (χ0v) is 7.38. The third-order valence-electron chi connectivity index (χ3n) is 2.93. The van der Waals surface area contributed by atoms with Gasteiger partial charge in [-0.05, 0) is 36.2 Å². The van der Waals surface area contributed by atoms with Gasteiger partial charge in [-0.2, -0.15) is 0 Å². The summed E-state index contributed by atoms with van der Waals surface area (Å²) >= 11 is 0. The highest BCUT2D eigenvalue weighted by Gasteiger charge is 2.26. The third-order valence-corrected chi connectivity index (χ3v) is 2.93. The minimum absolute atomic E-state index is 0.748. The maximum absolute atomic E-state index is 2.46. The molecule has 0 aliphatic heterocycles. The van der Waals surface area contributed by atoms with Crippen LogP contribution in [-0.4, -0.2) is 0 Å². The van der Waals surface area contributed by atoms with Crippen LogP contribution in [0.4, 0.5) is 0 Å². The Kier molecular flexibility index (Phi) is 1.63. The van der Waals surface area contributed by atoms with E-state index in [4.69, 9.17) is 0 Å². The van der Waals surface area contributed by atoms with Crippen molar-refractivity contribution >= 4 is 0 Å². The fraction of sp³-hybridized carbons (Fsp3) is 0.636. The molecule has 1 saturated carbocycles. The zero-order chi connectivity index (χ0) is 7.84. The van der Waals surface area contributed by atoms with Crippen molar-refractivity contribution in [3.8, 4) is 0 Å². The highest BCUT2D eigenvalue weighted by molar-refractivity contribution is 5.30. The summed E-state index contributed by atoms with van der Waals surface area (Å²) in [7, 11) is 0. The van der Waals surface area contributed by atoms with Crippen molar-refractivity contribution in [2.45, 2.75) is 26.7 Å². The van der Waals surface area contributed by atoms with E-state index >= 15 is 0 Å². The molecular weight excluding hydrogens is 132 g/mol. The zero-order valence-electron chi connectivity index (χ0n) is 7.38. The molecule has 0 N–H and O–H groups in total. The van der Waals surface area contributed by atoms with Crippen molar-refractivity contribution in [3.05, 3.63) is 23.8 Å². The molecule has 0 bridgehead atoms. The van der Waals surface area contributed by atoms with Gasteiger partial charge < -0.3 is 0 Å². The van der Waals surface area contributed by atoms with Crippen LogP contribution in [-0.2, 0) is 0 Å². The van der Waals surface area contributed by atoms with E-state index in [0.29, 0.717) is 0 Å². The van der Waals surface area contributed by atoms with Crippen molar-refractivity contribution in [1.82, 2.24) is 0 Å². The lowest BCUT2D eigenvalue weighted by molar-refractivity contribution is 0.545. The second kappa shape index (κ2) is 2.51. The van der Waals surface area contributed by atoms with Crippen molar-refractivity contribution in [3.63, 3.8) is 0 Å². The third kappa shape index (κ3) is 1.40. The van der Waals surface area contributed by atoms with Crippen molar-refractivity contribution < 1.29 is 0 Å². The number of rotatable bonds is 1. The van der Waals surface area contributed by atoms with Crippen LogP contribution < -0.4 is 0 Å². The van der Waals surface area contributed by atoms with Gasteiger partial charge in [0.15, 0.2) is 0 Å². The lowest BCUT2D eigenvalue weighted by atomic mass is 9.87. The molecule has 0 aromatic heterocycles. The Morgan fingerprint density at radius 2 is 1.91 bits per heavy atom. The van der Waals surface area contributed by atoms with Gasteiger partial charge in [-0.15, -0.1) is 0 Å². The summed E-state index contributed by atoms with van der Waals surface area (Å²) in [6, 6.07) is 0. The molecule has 2 aliphatic rings. The summed E-state index contributed by atoms with van der Waals surface area (Å²) in [5, 5.41) is 0. The van der Waals surface area contributed by atoms with E-state index in [1.165, 1.54) is 12.8 Å². The first kappa shape index (κ1) is 7.15. The van der Waals surface area contributed by atoms with Gasteiger partial charge in [-0.3, -0.25) is 0 Å². The summed E-state index contributed by atoms with van der Waals surface area (Å²) in [5.41, 5.74) is 1.61. The molecule has 0 nitrogen and oxygen atoms in total. The number of hydrogen-bond acceptors (Lipinski definition) is 0. The van der Waals surface area contributed by atoms with Crippen LogP contribution in [0.3, 0.4) is 0 Å². The van der Waals surface area contributed by atoms with Crippen LogP contribution in [0.15, 0.2) is 23.8 Å². The monoisotopic (exact) mass is 148 g/mol. The molecule has 2 rings (SSSR count). The van der Waals surface area contributed by atoms with Gasteiger partial charge in [0, 0.05) is 0 Å². The van der Waals surface area contributed by atoms with Crippen molar-refractivity contribution in [2.75, 3.05) is 0 Å². The van der Waals surface area contributed by atoms with E-state index in [-0.39, 0.29) is 0 Å². The quantitative estimate of drug-likeness (QED) is 0.536. The standard InChI is InChI=1S/C11H16/c1-8-3-4-11(7-9(8)2)10-5-6-10/h3-4,7-10H,5-6H2,1-2H3. The normalized spacial score (nSPS) is 37.1. The predicted molar refractivity (Wildman–Crippen MR) is 48.3 cm³/mol. The van der Waals surface area contributed by atoms with Gasteiger partial charge in [-0.25, -0.2) is 0 Å². The first-order valence-electron chi connectivity index (χ1n) is 4.67. The van der Waals surface area contributed by atoms with Crippen molar-refractivity contribution in [2.24, 2.45) is 17.8 Å². The molecule has 11 heavy (non-hydrogen) atoms. The Balaban J connectivity index is 2.11. The molecule has 0 spiro atoms. The van der Waals surface area contributed by atoms with Crippen LogP contribution in [0.1, 0.15) is 26.7 Å². The molecule has 2 unspecified atom stereocenters. The molecule has 0 heterocycles. The molecule has 2 atom stereocenters. The Morgan fingerprint density at radius 3 is 2.45 bits per heavy atom. The predicted octanol–water partition coefficient (Wildman–Crippen LogP) is 3.16. The lowest BCUT2D eigenvalue weighted by Crippen LogP contribution is -2.07. The smallest absolute Gasteiger partial charge is 0.0165 e. The Labute approximate surface area is 69.0 Å². The van der Waals surface area contributed by atoms with E-state index in [9.17, 15) is 0 Å². The number of hydrogen-bond donors (Lipinski definition) is 0. The maximum atomic E-state index is 2.46. The van der Waals surface area contributed by atoms with Crippen LogP contribution in [0, 0.1) is 17.8 Å². The molecule has 2 aliphatic carbocycles. The van der Waals surface area contributed by atoms with Crippen molar-refractivity contribution in [1.29, 1.82) is 0 Å². The van der Waals surface area contributed by atoms with Gasteiger partial charge >= 0.3 is 0 Å². The lowest BCUT2D eigenvalue weighted by Gasteiger charge is -2.18. The molecular formula is C11H16. The first-order chi connectivity index (χ1) is 5.27. The average molecular weight is 148 g/mol. The van der Waals surface area contributed by atoms with Gasteiger partial charge in [-0.1, -0.05) is 32.1 Å². The minimum Gasteiger partial charge on any atom is -0.0808 e. The number of allylic oxidation sites excluding steroid dienone is 4. The van der Waals surface area contributed by atoms with Gasteiger partial charge in [0.2, 0.25) is 0 Å². The van der Waals surface area contributed by atoms with E-state index in [1.54, 1.807) is 5.57 Å². The first-order valence-corrected chi connectivity index (χ1v) is 4.67. The van der Waals surface area contributed by atoms with Crippen LogP contribution in [0.25, 0.3) is 0 Å². The summed E-state index contributed by atoms with van der Waals surface area (Å²) in [4.78, 5) is 0. The minimum atomic E-state index is 0.748. The van der Waals surface area contributed by atoms with Crippen LogP contribution >= 0.6 is 0 Å². The van der Waals surface area contributed by atoms with E-state index in [1.807, 2.05) is 0 Å². The summed E-state index contributed by atoms with van der Waals surface area (Å²) < 4.78 is 0. The highest BCUT2D eigenvalue weighted by atomic mass is 14.3. The van der Waals surface area contributed by atoms with Gasteiger partial charge in [0.25, 0.3) is 0 Å². The van der Waals surface area contributed by atoms with E-state index in [0.717, 1.165) is 17.8 Å². The average Bonchev–Trinajstić information content (AvgIpc) is 2.77. The summed E-state index contributed by atoms with van der Waals surface area (Å²) in [5.74, 6) is 2.44. The molecule has 0 heteroatoms. The highest BCUT2D eigenvalue weighted by Crippen LogP contribution is 2.40. The molecule has 0 aromatic rings. The SMILES string of the molecule is CC1C=CC(C2CC2)=CC1C. The van der Waals surface area contributed by atoms with Gasteiger partial charge in [0.1, 0.15) is 0 Å². The fourth-order valence-corrected chi connectivity index (χ4v) is 1.64. The fourth-order valence-electron chi connectivity index (χ4n) is 1.64. The Hall–Kier alpha value is -0.520. The topological polar surface area (TPSA) is 0 Å². The molecule has 60 valence electrons. The second-order valence-electron chi connectivity index (χ2n) is 4.02. The summed E-state index contributed by atoms with van der Waals surface area (Å²) in [6.07, 6.45) is 10.0. The van der Waals surface area contributed by atoms with E-state index < -0.39 is 0 Å². The van der Waals surface area contributed by atoms with E-state index in [2.05, 4.69) is 32.1 Å². The Morgan fingerprint density at radius 1 is 1.18 bits per heavy atom. The van der Waals surface area contributed by atoms with Crippen LogP contribution in [0.2, 0.25) is 0 Å². The second-order valence-corrected chi connectivity index (χ2v) is 4.02. The van der Waals surface area contributed by atoms with Crippen LogP contribution in [0.5, 0.6) is 0 Å². The molecule has 0 amide bonds. The largest absolute Gasteiger partial charge is 0.0808 e. The molecule has 1 fully saturated rings. The Bertz CT molecular complexity index is 206. The molecule has 0 saturated heterocycles. The maximum Gasteiger partial charge on any atom is -0.0165 e. The summed E-state index contributed by atoms with van der Waals surface area (Å²) in [6.45, 7) is 4.61. The van der Waals surface area contributed by atoms with Gasteiger partial charge in [0.05, 0.1) is 0 Å².